The molecule has 2 aliphatic heterocycles. The van der Waals surface area contributed by atoms with E-state index in [9.17, 15) is 23.6 Å². The maximum Gasteiger partial charge on any atom is 0.311 e. The highest BCUT2D eigenvalue weighted by Gasteiger charge is 2.52. The van der Waals surface area contributed by atoms with E-state index in [1.165, 1.54) is 11.9 Å². The van der Waals surface area contributed by atoms with Crippen LogP contribution in [0.1, 0.15) is 55.9 Å². The van der Waals surface area contributed by atoms with Gasteiger partial charge in [-0.15, -0.1) is 0 Å². The Morgan fingerprint density at radius 2 is 1.82 bits per heavy atom. The van der Waals surface area contributed by atoms with Crippen LogP contribution >= 0.6 is 0 Å². The Balaban J connectivity index is 1.81. The number of nitrogens with zero attached hydrogens (tertiary/aromatic N) is 3. The van der Waals surface area contributed by atoms with Crippen LogP contribution in [-0.2, 0) is 14.3 Å². The van der Waals surface area contributed by atoms with Crippen LogP contribution in [0.2, 0.25) is 0 Å². The molecule has 8 heteroatoms. The summed E-state index contributed by atoms with van der Waals surface area (Å²) in [5.74, 6) is -5.42. The topological polar surface area (TPSA) is 73.6 Å². The van der Waals surface area contributed by atoms with Crippen LogP contribution in [0, 0.1) is 31.1 Å². The van der Waals surface area contributed by atoms with Crippen molar-refractivity contribution in [2.24, 2.45) is 5.92 Å². The molecule has 2 heterocycles. The average Bonchev–Trinajstić information content (AvgIpc) is 2.71. The van der Waals surface area contributed by atoms with Crippen LogP contribution in [0.15, 0.2) is 18.2 Å². The molecule has 2 aliphatic rings. The maximum atomic E-state index is 14.3. The monoisotopic (exact) mass is 473 g/mol. The second-order valence-electron chi connectivity index (χ2n) is 10.4. The molecule has 0 radical (unpaired) electrons. The van der Waals surface area contributed by atoms with Gasteiger partial charge in [0, 0.05) is 19.5 Å². The minimum atomic E-state index is -3.08. The van der Waals surface area contributed by atoms with Gasteiger partial charge in [-0.3, -0.25) is 14.5 Å². The number of rotatable bonds is 3. The highest BCUT2D eigenvalue weighted by Crippen LogP contribution is 2.36. The number of carbonyl (C=O) groups is 2. The van der Waals surface area contributed by atoms with Gasteiger partial charge in [0.15, 0.2) is 0 Å². The first-order chi connectivity index (χ1) is 15.7. The molecule has 0 unspecified atom stereocenters. The molecule has 0 aromatic heterocycles. The highest BCUT2D eigenvalue weighted by atomic mass is 19.3. The number of esters is 1. The van der Waals surface area contributed by atoms with Crippen LogP contribution in [-0.4, -0.2) is 65.9 Å². The number of benzene rings is 1. The number of aryl methyl sites for hydroxylation is 2. The summed E-state index contributed by atoms with van der Waals surface area (Å²) in [4.78, 5) is 29.2. The number of nitriles is 1. The first-order valence-electron chi connectivity index (χ1n) is 11.5. The van der Waals surface area contributed by atoms with Gasteiger partial charge in [-0.1, -0.05) is 18.2 Å². The van der Waals surface area contributed by atoms with E-state index in [1.807, 2.05) is 32.1 Å². The predicted molar refractivity (Wildman–Crippen MR) is 125 cm³/mol. The molecular weight excluding hydrogens is 440 g/mol. The molecule has 0 N–H and O–H groups in total. The van der Waals surface area contributed by atoms with Gasteiger partial charge in [0.1, 0.15) is 11.6 Å². The molecule has 2 atom stereocenters. The first-order valence-corrected chi connectivity index (χ1v) is 11.5. The summed E-state index contributed by atoms with van der Waals surface area (Å²) in [6, 6.07) is 5.18. The van der Waals surface area contributed by atoms with Gasteiger partial charge >= 0.3 is 5.97 Å². The molecule has 34 heavy (non-hydrogen) atoms. The molecule has 184 valence electrons. The van der Waals surface area contributed by atoms with E-state index >= 15 is 0 Å². The molecule has 1 saturated heterocycles. The Hall–Kier alpha value is -2.79. The molecule has 3 rings (SSSR count). The summed E-state index contributed by atoms with van der Waals surface area (Å²) >= 11 is 0. The smallest absolute Gasteiger partial charge is 0.311 e. The number of likely N-dealkylation sites (tertiary alicyclic amines) is 1. The van der Waals surface area contributed by atoms with Crippen molar-refractivity contribution < 1.29 is 23.1 Å². The molecule has 0 aliphatic carbocycles. The van der Waals surface area contributed by atoms with Gasteiger partial charge < -0.3 is 9.64 Å². The third-order valence-corrected chi connectivity index (χ3v) is 6.35. The normalized spacial score (nSPS) is 23.1. The summed E-state index contributed by atoms with van der Waals surface area (Å²) in [6.45, 7) is 9.00. The van der Waals surface area contributed by atoms with Crippen LogP contribution in [0.25, 0.3) is 5.57 Å². The minimum Gasteiger partial charge on any atom is -0.460 e. The second-order valence-corrected chi connectivity index (χ2v) is 10.4. The fourth-order valence-corrected chi connectivity index (χ4v) is 4.86. The number of carbonyl (C=O) groups excluding carboxylic acids is 2. The van der Waals surface area contributed by atoms with Gasteiger partial charge in [0.05, 0.1) is 24.1 Å². The third kappa shape index (κ3) is 5.64. The Kier molecular flexibility index (Phi) is 7.18. The zero-order valence-electron chi connectivity index (χ0n) is 20.7. The molecule has 0 saturated carbocycles. The average molecular weight is 474 g/mol. The van der Waals surface area contributed by atoms with Crippen molar-refractivity contribution in [1.29, 1.82) is 5.26 Å². The van der Waals surface area contributed by atoms with E-state index in [4.69, 9.17) is 4.74 Å². The number of halogens is 2. The summed E-state index contributed by atoms with van der Waals surface area (Å²) in [7, 11) is 1.46. The number of likely N-dealkylation sites (N-methyl/N-ethyl adjacent to an activating group) is 1. The number of hydrogen-bond acceptors (Lipinski definition) is 5. The third-order valence-electron chi connectivity index (χ3n) is 6.35. The fourth-order valence-electron chi connectivity index (χ4n) is 4.86. The molecule has 0 spiro atoms. The van der Waals surface area contributed by atoms with Crippen LogP contribution in [0.4, 0.5) is 8.78 Å². The van der Waals surface area contributed by atoms with Crippen molar-refractivity contribution in [2.45, 2.75) is 65.0 Å². The van der Waals surface area contributed by atoms with Gasteiger partial charge in [0.25, 0.3) is 5.92 Å². The minimum absolute atomic E-state index is 0.327. The van der Waals surface area contributed by atoms with Crippen molar-refractivity contribution >= 4 is 17.4 Å². The Bertz CT molecular complexity index is 1030. The van der Waals surface area contributed by atoms with Crippen LogP contribution in [0.3, 0.4) is 0 Å². The van der Waals surface area contributed by atoms with Gasteiger partial charge in [-0.05, 0) is 70.4 Å². The SMILES string of the molecule is Cc1cc(C2=CCN(C(=O)[C@@H]3[C@@H](C(=O)OC(C)(C)C)CC(F)(F)CN3C)CC2)cc(C)c1C#N. The second kappa shape index (κ2) is 9.46. The molecule has 1 aromatic rings. The maximum absolute atomic E-state index is 14.3. The molecule has 1 aromatic carbocycles. The standard InChI is InChI=1S/C26H33F2N3O3/c1-16-11-19(12-17(2)21(16)14-29)18-7-9-31(10-8-18)23(32)22-20(24(33)34-25(3,4)5)13-26(27,28)15-30(22)6/h7,11-12,20,22H,8-10,13,15H2,1-6H3/t20-,22-/m0/s1. The zero-order valence-corrected chi connectivity index (χ0v) is 20.7. The lowest BCUT2D eigenvalue weighted by Crippen LogP contribution is -2.61. The van der Waals surface area contributed by atoms with Crippen molar-refractivity contribution in [2.75, 3.05) is 26.7 Å². The fraction of sp³-hybridized carbons (Fsp3) is 0.577. The Morgan fingerprint density at radius 1 is 1.21 bits per heavy atom. The van der Waals surface area contributed by atoms with E-state index in [-0.39, 0.29) is 5.91 Å². The van der Waals surface area contributed by atoms with E-state index < -0.39 is 42.4 Å². The Labute approximate surface area is 200 Å². The summed E-state index contributed by atoms with van der Waals surface area (Å²) in [5, 5.41) is 9.30. The lowest BCUT2D eigenvalue weighted by atomic mass is 9.85. The van der Waals surface area contributed by atoms with Gasteiger partial charge in [-0.25, -0.2) is 8.78 Å². The number of hydrogen-bond donors (Lipinski definition) is 0. The summed E-state index contributed by atoms with van der Waals surface area (Å²) < 4.78 is 34.1. The molecule has 1 fully saturated rings. The van der Waals surface area contributed by atoms with Crippen molar-refractivity contribution in [1.82, 2.24) is 9.80 Å². The molecule has 1 amide bonds. The lowest BCUT2D eigenvalue weighted by Gasteiger charge is -2.43. The number of amides is 1. The van der Waals surface area contributed by atoms with E-state index in [2.05, 4.69) is 6.07 Å². The first kappa shape index (κ1) is 25.8. The highest BCUT2D eigenvalue weighted by molar-refractivity contribution is 5.89. The van der Waals surface area contributed by atoms with E-state index in [1.54, 1.807) is 25.7 Å². The van der Waals surface area contributed by atoms with Crippen LogP contribution in [0.5, 0.6) is 0 Å². The number of alkyl halides is 2. The zero-order chi connectivity index (χ0) is 25.4. The van der Waals surface area contributed by atoms with Crippen molar-refractivity contribution in [3.05, 3.63) is 40.5 Å². The van der Waals surface area contributed by atoms with E-state index in [0.29, 0.717) is 25.1 Å². The van der Waals surface area contributed by atoms with Crippen LogP contribution < -0.4 is 0 Å². The quantitative estimate of drug-likeness (QED) is 0.619. The number of piperidine rings is 1. The summed E-state index contributed by atoms with van der Waals surface area (Å²) in [6.07, 6.45) is 1.85. The van der Waals surface area contributed by atoms with Crippen molar-refractivity contribution in [3.8, 4) is 6.07 Å². The molecular formula is C26H33F2N3O3. The summed E-state index contributed by atoms with van der Waals surface area (Å²) in [5.41, 5.74) is 3.73. The predicted octanol–water partition coefficient (Wildman–Crippen LogP) is 4.09. The number of ether oxygens (including phenoxy) is 1. The molecule has 0 bridgehead atoms. The van der Waals surface area contributed by atoms with Crippen molar-refractivity contribution in [3.63, 3.8) is 0 Å². The molecule has 6 nitrogen and oxygen atoms in total. The Morgan fingerprint density at radius 3 is 2.32 bits per heavy atom. The van der Waals surface area contributed by atoms with E-state index in [0.717, 1.165) is 22.3 Å². The largest absolute Gasteiger partial charge is 0.460 e. The van der Waals surface area contributed by atoms with Gasteiger partial charge in [0.2, 0.25) is 5.91 Å². The van der Waals surface area contributed by atoms with Gasteiger partial charge in [-0.2, -0.15) is 5.26 Å². The lowest BCUT2D eigenvalue weighted by molar-refractivity contribution is -0.179.